The predicted molar refractivity (Wildman–Crippen MR) is 88.7 cm³/mol. The third-order valence-electron chi connectivity index (χ3n) is 3.79. The third-order valence-corrected chi connectivity index (χ3v) is 5.09. The number of thioether (sulfide) groups is 1. The minimum Gasteiger partial charge on any atom is -0.512 e. The van der Waals surface area contributed by atoms with Crippen LogP contribution in [-0.4, -0.2) is 16.1 Å². The van der Waals surface area contributed by atoms with Crippen LogP contribution < -0.4 is 0 Å². The van der Waals surface area contributed by atoms with E-state index in [2.05, 4.69) is 19.1 Å². The number of benzene rings is 1. The molecule has 1 atom stereocenters. The van der Waals surface area contributed by atoms with Gasteiger partial charge < -0.3 is 5.11 Å². The largest absolute Gasteiger partial charge is 0.512 e. The van der Waals surface area contributed by atoms with Gasteiger partial charge >= 0.3 is 0 Å². The molecule has 0 saturated heterocycles. The Hall–Kier alpha value is -1.22. The molecular formula is C18H24O2S. The van der Waals surface area contributed by atoms with Crippen molar-refractivity contribution in [3.8, 4) is 0 Å². The van der Waals surface area contributed by atoms with E-state index in [-0.39, 0.29) is 16.4 Å². The van der Waals surface area contributed by atoms with Gasteiger partial charge in [-0.25, -0.2) is 0 Å². The van der Waals surface area contributed by atoms with Crippen molar-refractivity contribution in [1.29, 1.82) is 0 Å². The molecule has 0 fully saturated rings. The maximum absolute atomic E-state index is 12.5. The van der Waals surface area contributed by atoms with Gasteiger partial charge in [-0.1, -0.05) is 45.4 Å². The fraction of sp³-hybridized carbons (Fsp3) is 0.500. The summed E-state index contributed by atoms with van der Waals surface area (Å²) in [5, 5.41) is 10.5. The van der Waals surface area contributed by atoms with Crippen LogP contribution in [0.2, 0.25) is 0 Å². The number of Topliss-reactive ketones (excluding diaryl/α,β-unsaturated/α-hetero) is 1. The van der Waals surface area contributed by atoms with Crippen LogP contribution in [0, 0.1) is 5.41 Å². The summed E-state index contributed by atoms with van der Waals surface area (Å²) in [6.07, 6.45) is 3.04. The first kappa shape index (κ1) is 16.2. The van der Waals surface area contributed by atoms with Crippen LogP contribution in [0.25, 0.3) is 0 Å². The fourth-order valence-corrected chi connectivity index (χ4v) is 4.24. The molecule has 3 heteroatoms. The molecule has 0 unspecified atom stereocenters. The van der Waals surface area contributed by atoms with Crippen molar-refractivity contribution < 1.29 is 9.90 Å². The highest BCUT2D eigenvalue weighted by Crippen LogP contribution is 2.41. The van der Waals surface area contributed by atoms with Crippen molar-refractivity contribution in [2.75, 3.05) is 0 Å². The average Bonchev–Trinajstić information content (AvgIpc) is 2.37. The van der Waals surface area contributed by atoms with Gasteiger partial charge in [0.1, 0.15) is 5.76 Å². The van der Waals surface area contributed by atoms with Gasteiger partial charge in [0, 0.05) is 28.6 Å². The molecule has 0 heterocycles. The maximum atomic E-state index is 12.5. The zero-order chi connectivity index (χ0) is 15.5. The van der Waals surface area contributed by atoms with Crippen molar-refractivity contribution in [1.82, 2.24) is 0 Å². The summed E-state index contributed by atoms with van der Waals surface area (Å²) in [7, 11) is 0. The van der Waals surface area contributed by atoms with E-state index in [9.17, 15) is 9.90 Å². The highest BCUT2D eigenvalue weighted by Gasteiger charge is 2.36. The summed E-state index contributed by atoms with van der Waals surface area (Å²) in [5.41, 5.74) is 0.531. The Balaban J connectivity index is 2.27. The first-order chi connectivity index (χ1) is 9.93. The SMILES string of the molecule is CCC[C@@H](Sc1ccccc1)C1=C(O)CC(C)(C)CC1=O. The molecule has 0 spiro atoms. The van der Waals surface area contributed by atoms with Gasteiger partial charge in [-0.15, -0.1) is 11.8 Å². The van der Waals surface area contributed by atoms with Gasteiger partial charge in [0.2, 0.25) is 0 Å². The lowest BCUT2D eigenvalue weighted by atomic mass is 9.75. The van der Waals surface area contributed by atoms with E-state index >= 15 is 0 Å². The molecule has 21 heavy (non-hydrogen) atoms. The van der Waals surface area contributed by atoms with E-state index in [1.54, 1.807) is 11.8 Å². The Labute approximate surface area is 131 Å². The molecule has 0 bridgehead atoms. The highest BCUT2D eigenvalue weighted by atomic mass is 32.2. The number of rotatable bonds is 5. The number of carbonyl (C=O) groups excluding carboxylic acids is 1. The molecule has 0 aliphatic heterocycles. The highest BCUT2D eigenvalue weighted by molar-refractivity contribution is 8.00. The first-order valence-corrected chi connectivity index (χ1v) is 8.48. The number of ketones is 1. The molecule has 1 aromatic carbocycles. The lowest BCUT2D eigenvalue weighted by Gasteiger charge is -2.32. The third kappa shape index (κ3) is 4.13. The Morgan fingerprint density at radius 1 is 1.24 bits per heavy atom. The summed E-state index contributed by atoms with van der Waals surface area (Å²) < 4.78 is 0. The quantitative estimate of drug-likeness (QED) is 0.764. The second-order valence-corrected chi connectivity index (χ2v) is 7.79. The lowest BCUT2D eigenvalue weighted by molar-refractivity contribution is -0.118. The van der Waals surface area contributed by atoms with Gasteiger partial charge in [0.25, 0.3) is 0 Å². The molecule has 1 N–H and O–H groups in total. The van der Waals surface area contributed by atoms with E-state index in [4.69, 9.17) is 0 Å². The lowest BCUT2D eigenvalue weighted by Crippen LogP contribution is -2.30. The van der Waals surface area contributed by atoms with Crippen molar-refractivity contribution in [3.05, 3.63) is 41.7 Å². The van der Waals surface area contributed by atoms with Gasteiger partial charge in [0.05, 0.1) is 0 Å². The molecule has 0 radical (unpaired) electrons. The molecule has 2 rings (SSSR count). The molecule has 1 aliphatic carbocycles. The van der Waals surface area contributed by atoms with Crippen molar-refractivity contribution in [2.45, 2.75) is 56.6 Å². The summed E-state index contributed by atoms with van der Waals surface area (Å²) in [6.45, 7) is 6.20. The van der Waals surface area contributed by atoms with Crippen LogP contribution in [-0.2, 0) is 4.79 Å². The molecule has 0 saturated carbocycles. The summed E-state index contributed by atoms with van der Waals surface area (Å²) >= 11 is 1.69. The molecular weight excluding hydrogens is 280 g/mol. The Morgan fingerprint density at radius 3 is 2.48 bits per heavy atom. The van der Waals surface area contributed by atoms with Gasteiger partial charge in [-0.2, -0.15) is 0 Å². The number of hydrogen-bond donors (Lipinski definition) is 1. The van der Waals surface area contributed by atoms with Crippen LogP contribution in [0.5, 0.6) is 0 Å². The normalized spacial score (nSPS) is 19.7. The first-order valence-electron chi connectivity index (χ1n) is 7.60. The minimum atomic E-state index is -0.126. The standard InChI is InChI=1S/C18H24O2S/c1-4-8-16(21-13-9-6-5-7-10-13)17-14(19)11-18(2,3)12-15(17)20/h5-7,9-10,16,19H,4,8,11-12H2,1-3H3/t16-/m1/s1. The van der Waals surface area contributed by atoms with Crippen molar-refractivity contribution in [3.63, 3.8) is 0 Å². The van der Waals surface area contributed by atoms with E-state index in [0.29, 0.717) is 24.2 Å². The van der Waals surface area contributed by atoms with E-state index in [1.807, 2.05) is 32.0 Å². The van der Waals surface area contributed by atoms with Crippen molar-refractivity contribution in [2.24, 2.45) is 5.41 Å². The molecule has 0 amide bonds. The van der Waals surface area contributed by atoms with Crippen molar-refractivity contribution >= 4 is 17.5 Å². The molecule has 2 nitrogen and oxygen atoms in total. The summed E-state index contributed by atoms with van der Waals surface area (Å²) in [6, 6.07) is 10.1. The van der Waals surface area contributed by atoms with E-state index < -0.39 is 0 Å². The predicted octanol–water partition coefficient (Wildman–Crippen LogP) is 5.15. The van der Waals surface area contributed by atoms with Crippen LogP contribution in [0.3, 0.4) is 0 Å². The molecule has 0 aromatic heterocycles. The molecule has 1 aliphatic rings. The average molecular weight is 304 g/mol. The van der Waals surface area contributed by atoms with Gasteiger partial charge in [-0.3, -0.25) is 4.79 Å². The molecule has 1 aromatic rings. The van der Waals surface area contributed by atoms with Crippen LogP contribution >= 0.6 is 11.8 Å². The number of aliphatic hydroxyl groups excluding tert-OH is 1. The van der Waals surface area contributed by atoms with Gasteiger partial charge in [-0.05, 0) is 24.0 Å². The van der Waals surface area contributed by atoms with E-state index in [1.165, 1.54) is 0 Å². The second kappa shape index (κ2) is 6.69. The fourth-order valence-electron chi connectivity index (χ4n) is 2.85. The number of aliphatic hydroxyl groups is 1. The summed E-state index contributed by atoms with van der Waals surface area (Å²) in [4.78, 5) is 13.6. The molecule has 114 valence electrons. The van der Waals surface area contributed by atoms with E-state index in [0.717, 1.165) is 17.7 Å². The number of hydrogen-bond acceptors (Lipinski definition) is 3. The Bertz CT molecular complexity index is 531. The zero-order valence-corrected chi connectivity index (χ0v) is 13.9. The Morgan fingerprint density at radius 2 is 1.90 bits per heavy atom. The van der Waals surface area contributed by atoms with Gasteiger partial charge in [0.15, 0.2) is 5.78 Å². The monoisotopic (exact) mass is 304 g/mol. The number of allylic oxidation sites excluding steroid dienone is 1. The van der Waals surface area contributed by atoms with Crippen LogP contribution in [0.15, 0.2) is 46.6 Å². The van der Waals surface area contributed by atoms with Crippen LogP contribution in [0.1, 0.15) is 46.5 Å². The smallest absolute Gasteiger partial charge is 0.163 e. The summed E-state index contributed by atoms with van der Waals surface area (Å²) in [5.74, 6) is 0.420. The minimum absolute atomic E-state index is 0.0565. The van der Waals surface area contributed by atoms with Crippen LogP contribution in [0.4, 0.5) is 0 Å². The zero-order valence-electron chi connectivity index (χ0n) is 13.1. The maximum Gasteiger partial charge on any atom is 0.163 e. The number of carbonyl (C=O) groups is 1. The topological polar surface area (TPSA) is 37.3 Å². The Kier molecular flexibility index (Phi) is 5.15. The second-order valence-electron chi connectivity index (χ2n) is 6.51.